The zero-order valence-corrected chi connectivity index (χ0v) is 12.3. The van der Waals surface area contributed by atoms with Crippen LogP contribution in [0.25, 0.3) is 0 Å². The minimum Gasteiger partial charge on any atom is -0.348 e. The number of carbonyl (C=O) groups excluding carboxylic acids is 1. The van der Waals surface area contributed by atoms with Gasteiger partial charge < -0.3 is 5.32 Å². The summed E-state index contributed by atoms with van der Waals surface area (Å²) < 4.78 is 36.1. The third-order valence-corrected chi connectivity index (χ3v) is 3.70. The molecule has 0 saturated carbocycles. The predicted octanol–water partition coefficient (Wildman–Crippen LogP) is 1.75. The van der Waals surface area contributed by atoms with Gasteiger partial charge in [0.15, 0.2) is 0 Å². The Balaban J connectivity index is 2.80. The summed E-state index contributed by atoms with van der Waals surface area (Å²) in [5.74, 6) is -1.47. The first-order valence-electron chi connectivity index (χ1n) is 5.12. The van der Waals surface area contributed by atoms with E-state index in [1.165, 1.54) is 18.2 Å². The van der Waals surface area contributed by atoms with E-state index in [1.807, 2.05) is 0 Å². The van der Waals surface area contributed by atoms with Gasteiger partial charge in [0.05, 0.1) is 11.3 Å². The first-order valence-corrected chi connectivity index (χ1v) is 7.98. The van der Waals surface area contributed by atoms with Crippen molar-refractivity contribution in [2.75, 3.05) is 12.0 Å². The van der Waals surface area contributed by atoms with Crippen LogP contribution < -0.4 is 5.32 Å². The standard InChI is InChI=1S/C11H13BrFNO3S/c1-7(6-18(2,16)17)14-11(15)9-5-8(12)3-4-10(9)13/h3-5,7H,6H2,1-2H3,(H,14,15). The summed E-state index contributed by atoms with van der Waals surface area (Å²) in [6, 6.07) is 3.41. The lowest BCUT2D eigenvalue weighted by atomic mass is 10.2. The van der Waals surface area contributed by atoms with Crippen LogP contribution >= 0.6 is 15.9 Å². The van der Waals surface area contributed by atoms with Gasteiger partial charge in [0.1, 0.15) is 15.7 Å². The predicted molar refractivity (Wildman–Crippen MR) is 70.7 cm³/mol. The maximum atomic E-state index is 13.4. The molecule has 0 aliphatic carbocycles. The Morgan fingerprint density at radius 3 is 2.67 bits per heavy atom. The molecule has 0 fully saturated rings. The van der Waals surface area contributed by atoms with Crippen molar-refractivity contribution >= 4 is 31.7 Å². The van der Waals surface area contributed by atoms with E-state index in [0.717, 1.165) is 6.26 Å². The third-order valence-electron chi connectivity index (χ3n) is 2.10. The fraction of sp³-hybridized carbons (Fsp3) is 0.364. The molecule has 1 atom stereocenters. The van der Waals surface area contributed by atoms with Crippen molar-refractivity contribution in [2.24, 2.45) is 0 Å². The minimum atomic E-state index is -3.19. The van der Waals surface area contributed by atoms with Crippen LogP contribution in [0.2, 0.25) is 0 Å². The number of carbonyl (C=O) groups is 1. The van der Waals surface area contributed by atoms with E-state index < -0.39 is 27.6 Å². The number of amides is 1. The van der Waals surface area contributed by atoms with Gasteiger partial charge in [0.25, 0.3) is 5.91 Å². The van der Waals surface area contributed by atoms with E-state index in [-0.39, 0.29) is 11.3 Å². The molecule has 0 saturated heterocycles. The molecule has 0 spiro atoms. The van der Waals surface area contributed by atoms with Crippen molar-refractivity contribution in [1.82, 2.24) is 5.32 Å². The molecule has 1 rings (SSSR count). The van der Waals surface area contributed by atoms with Gasteiger partial charge in [-0.25, -0.2) is 12.8 Å². The van der Waals surface area contributed by atoms with E-state index in [1.54, 1.807) is 6.92 Å². The van der Waals surface area contributed by atoms with Crippen molar-refractivity contribution in [3.05, 3.63) is 34.1 Å². The summed E-state index contributed by atoms with van der Waals surface area (Å²) in [5.41, 5.74) is -0.121. The maximum Gasteiger partial charge on any atom is 0.254 e. The molecule has 1 aromatic rings. The molecule has 1 aromatic carbocycles. The maximum absolute atomic E-state index is 13.4. The highest BCUT2D eigenvalue weighted by molar-refractivity contribution is 9.10. The lowest BCUT2D eigenvalue weighted by molar-refractivity contribution is 0.0939. The highest BCUT2D eigenvalue weighted by Crippen LogP contribution is 2.15. The summed E-state index contributed by atoms with van der Waals surface area (Å²) in [6.07, 6.45) is 1.08. The summed E-state index contributed by atoms with van der Waals surface area (Å²) in [6.45, 7) is 1.55. The molecule has 4 nitrogen and oxygen atoms in total. The van der Waals surface area contributed by atoms with E-state index >= 15 is 0 Å². The molecule has 0 aliphatic heterocycles. The Hall–Kier alpha value is -0.950. The van der Waals surface area contributed by atoms with Crippen molar-refractivity contribution < 1.29 is 17.6 Å². The number of halogens is 2. The summed E-state index contributed by atoms with van der Waals surface area (Å²) in [4.78, 5) is 11.7. The number of nitrogens with one attached hydrogen (secondary N) is 1. The van der Waals surface area contributed by atoms with Crippen LogP contribution in [0.15, 0.2) is 22.7 Å². The van der Waals surface area contributed by atoms with Gasteiger partial charge >= 0.3 is 0 Å². The van der Waals surface area contributed by atoms with Gasteiger partial charge in [-0.2, -0.15) is 0 Å². The molecule has 100 valence electrons. The molecular formula is C11H13BrFNO3S. The number of hydrogen-bond donors (Lipinski definition) is 1. The van der Waals surface area contributed by atoms with Crippen LogP contribution in [0, 0.1) is 5.82 Å². The molecule has 0 bridgehead atoms. The van der Waals surface area contributed by atoms with Gasteiger partial charge in [-0.05, 0) is 25.1 Å². The molecular weight excluding hydrogens is 325 g/mol. The topological polar surface area (TPSA) is 63.2 Å². The minimum absolute atomic E-state index is 0.121. The number of benzene rings is 1. The van der Waals surface area contributed by atoms with Crippen LogP contribution in [0.3, 0.4) is 0 Å². The van der Waals surface area contributed by atoms with E-state index in [2.05, 4.69) is 21.2 Å². The lowest BCUT2D eigenvalue weighted by Gasteiger charge is -2.13. The van der Waals surface area contributed by atoms with Crippen LogP contribution in [-0.4, -0.2) is 32.4 Å². The first-order chi connectivity index (χ1) is 8.19. The van der Waals surface area contributed by atoms with E-state index in [9.17, 15) is 17.6 Å². The summed E-state index contributed by atoms with van der Waals surface area (Å²) in [5, 5.41) is 2.44. The molecule has 1 N–H and O–H groups in total. The van der Waals surface area contributed by atoms with Gasteiger partial charge in [0, 0.05) is 16.8 Å². The van der Waals surface area contributed by atoms with E-state index in [0.29, 0.717) is 4.47 Å². The molecule has 0 aromatic heterocycles. The van der Waals surface area contributed by atoms with Crippen molar-refractivity contribution in [3.8, 4) is 0 Å². The highest BCUT2D eigenvalue weighted by atomic mass is 79.9. The molecule has 18 heavy (non-hydrogen) atoms. The lowest BCUT2D eigenvalue weighted by Crippen LogP contribution is -2.37. The zero-order chi connectivity index (χ0) is 13.9. The summed E-state index contributed by atoms with van der Waals surface area (Å²) in [7, 11) is -3.19. The van der Waals surface area contributed by atoms with Gasteiger partial charge in [-0.3, -0.25) is 4.79 Å². The molecule has 7 heteroatoms. The Labute approximate surface area is 114 Å². The molecule has 1 unspecified atom stereocenters. The average Bonchev–Trinajstić information content (AvgIpc) is 2.18. The van der Waals surface area contributed by atoms with E-state index in [4.69, 9.17) is 0 Å². The SMILES string of the molecule is CC(CS(C)(=O)=O)NC(=O)c1cc(Br)ccc1F. The molecule has 0 heterocycles. The Morgan fingerprint density at radius 2 is 2.11 bits per heavy atom. The highest BCUT2D eigenvalue weighted by Gasteiger charge is 2.17. The fourth-order valence-corrected chi connectivity index (χ4v) is 2.82. The van der Waals surface area contributed by atoms with Crippen LogP contribution in [0.1, 0.15) is 17.3 Å². The summed E-state index contributed by atoms with van der Waals surface area (Å²) >= 11 is 3.14. The second kappa shape index (κ2) is 5.79. The fourth-order valence-electron chi connectivity index (χ4n) is 1.47. The van der Waals surface area contributed by atoms with Gasteiger partial charge in [-0.15, -0.1) is 0 Å². The molecule has 0 radical (unpaired) electrons. The normalized spacial score (nSPS) is 13.1. The number of rotatable bonds is 4. The number of hydrogen-bond acceptors (Lipinski definition) is 3. The Bertz CT molecular complexity index is 559. The number of sulfone groups is 1. The third kappa shape index (κ3) is 4.73. The van der Waals surface area contributed by atoms with Crippen LogP contribution in [0.5, 0.6) is 0 Å². The largest absolute Gasteiger partial charge is 0.348 e. The van der Waals surface area contributed by atoms with Crippen molar-refractivity contribution in [2.45, 2.75) is 13.0 Å². The van der Waals surface area contributed by atoms with Gasteiger partial charge in [0.2, 0.25) is 0 Å². The molecule has 0 aliphatic rings. The van der Waals surface area contributed by atoms with Crippen LogP contribution in [0.4, 0.5) is 4.39 Å². The quantitative estimate of drug-likeness (QED) is 0.910. The smallest absolute Gasteiger partial charge is 0.254 e. The van der Waals surface area contributed by atoms with Gasteiger partial charge in [-0.1, -0.05) is 15.9 Å². The Kier molecular flexibility index (Phi) is 4.86. The zero-order valence-electron chi connectivity index (χ0n) is 9.91. The second-order valence-corrected chi connectivity index (χ2v) is 7.19. The Morgan fingerprint density at radius 1 is 1.50 bits per heavy atom. The second-order valence-electron chi connectivity index (χ2n) is 4.09. The van der Waals surface area contributed by atoms with Crippen molar-refractivity contribution in [3.63, 3.8) is 0 Å². The average molecular weight is 338 g/mol. The van der Waals surface area contributed by atoms with Crippen molar-refractivity contribution in [1.29, 1.82) is 0 Å². The molecule has 1 amide bonds. The first kappa shape index (κ1) is 15.1. The monoisotopic (exact) mass is 337 g/mol. The van der Waals surface area contributed by atoms with Crippen LogP contribution in [-0.2, 0) is 9.84 Å².